The van der Waals surface area contributed by atoms with Crippen molar-refractivity contribution in [1.82, 2.24) is 0 Å². The van der Waals surface area contributed by atoms with Crippen LogP contribution in [0.4, 0.5) is 32.8 Å². The molecule has 0 saturated carbocycles. The third-order valence-electron chi connectivity index (χ3n) is 10.4. The summed E-state index contributed by atoms with van der Waals surface area (Å²) in [5.74, 6) is 3.16. The molecule has 0 radical (unpaired) electrons. The number of hydrogen-bond acceptors (Lipinski definition) is 12. The van der Waals surface area contributed by atoms with Crippen molar-refractivity contribution in [2.45, 2.75) is 11.7 Å². The predicted molar refractivity (Wildman–Crippen MR) is 248 cm³/mol. The zero-order chi connectivity index (χ0) is 41.3. The predicted octanol–water partition coefficient (Wildman–Crippen LogP) is 13.9. The summed E-state index contributed by atoms with van der Waals surface area (Å²) in [4.78, 5) is 10.2. The summed E-state index contributed by atoms with van der Waals surface area (Å²) >= 11 is 7.02. The van der Waals surface area contributed by atoms with Gasteiger partial charge in [-0.1, -0.05) is 0 Å². The van der Waals surface area contributed by atoms with E-state index < -0.39 is 0 Å². The van der Waals surface area contributed by atoms with Gasteiger partial charge in [0.25, 0.3) is 0 Å². The van der Waals surface area contributed by atoms with Crippen LogP contribution >= 0.6 is 45.8 Å². The minimum Gasteiger partial charge on any atom is -0.497 e. The molecule has 4 heterocycles. The van der Waals surface area contributed by atoms with E-state index in [-0.39, 0.29) is 10.8 Å². The third-order valence-corrected chi connectivity index (χ3v) is 15.7. The topological polar surface area (TPSA) is 91.0 Å². The Morgan fingerprint density at radius 2 is 1.00 bits per heavy atom. The molecule has 12 heteroatoms. The fraction of sp³-hybridized carbons (Fsp3) is 0.125. The zero-order valence-electron chi connectivity index (χ0n) is 33.0. The van der Waals surface area contributed by atoms with Crippen LogP contribution in [-0.2, 0) is 0 Å². The van der Waals surface area contributed by atoms with E-state index in [0.717, 1.165) is 98.4 Å². The second-order valence-electron chi connectivity index (χ2n) is 13.7. The first-order valence-corrected chi connectivity index (χ1v) is 22.2. The highest BCUT2D eigenvalue weighted by molar-refractivity contribution is 8.09. The van der Waals surface area contributed by atoms with E-state index in [9.17, 15) is 10.5 Å². The number of ether oxygens (including phenoxy) is 4. The summed E-state index contributed by atoms with van der Waals surface area (Å²) in [6.07, 6.45) is 0.728. The lowest BCUT2D eigenvalue weighted by atomic mass is 9.96. The summed E-state index contributed by atoms with van der Waals surface area (Å²) in [6, 6.07) is 47.5. The van der Waals surface area contributed by atoms with Crippen molar-refractivity contribution in [3.05, 3.63) is 154 Å². The van der Waals surface area contributed by atoms with Crippen molar-refractivity contribution >= 4 is 89.0 Å². The Balaban J connectivity index is 1.04. The van der Waals surface area contributed by atoms with Gasteiger partial charge in [0, 0.05) is 63.5 Å². The molecule has 0 fully saturated rings. The van der Waals surface area contributed by atoms with Crippen LogP contribution in [0.5, 0.6) is 23.0 Å². The number of hydrogen-bond donors (Lipinski definition) is 0. The lowest BCUT2D eigenvalue weighted by Crippen LogP contribution is -2.08. The van der Waals surface area contributed by atoms with Crippen LogP contribution in [0.15, 0.2) is 139 Å². The van der Waals surface area contributed by atoms with Gasteiger partial charge in [0.05, 0.1) is 28.4 Å². The number of methoxy groups -OCH3 is 4. The largest absolute Gasteiger partial charge is 0.497 e. The third kappa shape index (κ3) is 7.18. The summed E-state index contributed by atoms with van der Waals surface area (Å²) in [5, 5.41) is 22.7. The average molecular weight is 861 g/mol. The van der Waals surface area contributed by atoms with Gasteiger partial charge in [0.1, 0.15) is 50.7 Å². The van der Waals surface area contributed by atoms with Gasteiger partial charge < -0.3 is 28.7 Å². The standard InChI is InChI=1S/C48H36N4O4S4/c1-53-34-13-5-30(6-14-34)51(31-7-15-35(54-2)16-8-31)44-23-21-40(57-44)42-25-38-46(29(27-49)28-50)39-26-43(60-48(39)47(38)59-42)41-22-24-45(58-41)52(32-9-17-36(55-3)18-10-32)33-11-19-37(56-4)20-12-33/h5-25,43H,26H2,1-4H3. The second kappa shape index (κ2) is 16.7. The quantitative estimate of drug-likeness (QED) is 0.111. The maximum absolute atomic E-state index is 10.2. The van der Waals surface area contributed by atoms with Gasteiger partial charge in [-0.3, -0.25) is 0 Å². The molecule has 1 unspecified atom stereocenters. The van der Waals surface area contributed by atoms with Crippen molar-refractivity contribution in [3.63, 3.8) is 0 Å². The van der Waals surface area contributed by atoms with Gasteiger partial charge >= 0.3 is 0 Å². The Bertz CT molecular complexity index is 2730. The van der Waals surface area contributed by atoms with Gasteiger partial charge in [-0.2, -0.15) is 10.5 Å². The molecule has 0 amide bonds. The monoisotopic (exact) mass is 860 g/mol. The van der Waals surface area contributed by atoms with Crippen LogP contribution in [0, 0.1) is 22.7 Å². The van der Waals surface area contributed by atoms with E-state index in [1.807, 2.05) is 60.3 Å². The molecule has 60 heavy (non-hydrogen) atoms. The molecule has 4 aromatic carbocycles. The lowest BCUT2D eigenvalue weighted by molar-refractivity contribution is 0.414. The number of anilines is 6. The molecule has 296 valence electrons. The highest BCUT2D eigenvalue weighted by atomic mass is 32.2. The van der Waals surface area contributed by atoms with Crippen molar-refractivity contribution < 1.29 is 18.9 Å². The SMILES string of the molecule is COc1ccc(N(c2ccc(OC)cc2)c2ccc(-c3cc4c(s3)C3=C(CC(c5ccc(N(c6ccc(OC)cc6)c6ccc(OC)cc6)s5)S3)C4=C(C#N)C#N)s2)cc1. The van der Waals surface area contributed by atoms with E-state index in [1.165, 1.54) is 4.88 Å². The fourth-order valence-corrected chi connectivity index (χ4v) is 12.6. The highest BCUT2D eigenvalue weighted by Crippen LogP contribution is 2.64. The number of fused-ring (bicyclic) bond motifs is 2. The van der Waals surface area contributed by atoms with Crippen LogP contribution < -0.4 is 28.7 Å². The van der Waals surface area contributed by atoms with Crippen molar-refractivity contribution in [3.8, 4) is 44.9 Å². The Labute approximate surface area is 365 Å². The van der Waals surface area contributed by atoms with Gasteiger partial charge in [-0.15, -0.1) is 45.8 Å². The molecule has 1 aliphatic heterocycles. The van der Waals surface area contributed by atoms with Crippen LogP contribution in [0.25, 0.3) is 20.2 Å². The number of nitriles is 2. The fourth-order valence-electron chi connectivity index (χ4n) is 7.50. The van der Waals surface area contributed by atoms with E-state index in [0.29, 0.717) is 0 Å². The first-order valence-electron chi connectivity index (χ1n) is 18.9. The second-order valence-corrected chi connectivity index (χ2v) is 18.1. The molecule has 0 saturated heterocycles. The van der Waals surface area contributed by atoms with Crippen LogP contribution in [0.1, 0.15) is 27.0 Å². The molecule has 8 nitrogen and oxygen atoms in total. The molecule has 0 N–H and O–H groups in total. The van der Waals surface area contributed by atoms with E-state index in [2.05, 4.69) is 101 Å². The molecule has 1 aliphatic carbocycles. The zero-order valence-corrected chi connectivity index (χ0v) is 36.2. The number of allylic oxidation sites excluding steroid dienone is 3. The normalized spacial score (nSPS) is 13.9. The first kappa shape index (κ1) is 39.1. The van der Waals surface area contributed by atoms with Gasteiger partial charge in [0.15, 0.2) is 0 Å². The van der Waals surface area contributed by atoms with E-state index >= 15 is 0 Å². The summed E-state index contributed by atoms with van der Waals surface area (Å²) < 4.78 is 21.8. The molecular formula is C48H36N4O4S4. The molecule has 9 rings (SSSR count). The minimum atomic E-state index is 0.130. The number of benzene rings is 4. The number of thioether (sulfide) groups is 1. The molecule has 1 atom stereocenters. The summed E-state index contributed by atoms with van der Waals surface area (Å²) in [5.41, 5.74) is 7.00. The molecule has 0 spiro atoms. The Kier molecular flexibility index (Phi) is 10.9. The summed E-state index contributed by atoms with van der Waals surface area (Å²) in [7, 11) is 6.68. The van der Waals surface area contributed by atoms with Crippen molar-refractivity contribution in [1.29, 1.82) is 10.5 Å². The van der Waals surface area contributed by atoms with Crippen LogP contribution in [0.3, 0.4) is 0 Å². The Morgan fingerprint density at radius 3 is 1.45 bits per heavy atom. The number of rotatable bonds is 12. The highest BCUT2D eigenvalue weighted by Gasteiger charge is 2.40. The summed E-state index contributed by atoms with van der Waals surface area (Å²) in [6.45, 7) is 0. The molecule has 7 aromatic rings. The van der Waals surface area contributed by atoms with E-state index in [4.69, 9.17) is 18.9 Å². The van der Waals surface area contributed by atoms with Crippen LogP contribution in [-0.4, -0.2) is 28.4 Å². The van der Waals surface area contributed by atoms with Crippen molar-refractivity contribution in [2.24, 2.45) is 0 Å². The van der Waals surface area contributed by atoms with Gasteiger partial charge in [-0.05, 0) is 139 Å². The minimum absolute atomic E-state index is 0.130. The molecule has 2 aliphatic rings. The lowest BCUT2D eigenvalue weighted by Gasteiger charge is -2.24. The van der Waals surface area contributed by atoms with Gasteiger partial charge in [0.2, 0.25) is 0 Å². The molecule has 0 bridgehead atoms. The van der Waals surface area contributed by atoms with Gasteiger partial charge in [-0.25, -0.2) is 0 Å². The average Bonchev–Trinajstić information content (AvgIpc) is 4.15. The first-order chi connectivity index (χ1) is 29.4. The van der Waals surface area contributed by atoms with E-state index in [1.54, 1.807) is 62.4 Å². The maximum Gasteiger partial charge on any atom is 0.137 e. The Hall–Kier alpha value is -6.41. The smallest absolute Gasteiger partial charge is 0.137 e. The maximum atomic E-state index is 10.2. The number of nitrogens with zero attached hydrogens (tertiary/aromatic N) is 4. The number of thiophene rings is 3. The molecular weight excluding hydrogens is 825 g/mol. The molecule has 3 aromatic heterocycles. The van der Waals surface area contributed by atoms with Crippen molar-refractivity contribution in [2.75, 3.05) is 38.2 Å². The Morgan fingerprint density at radius 1 is 0.550 bits per heavy atom. The van der Waals surface area contributed by atoms with Crippen LogP contribution in [0.2, 0.25) is 0 Å².